The first-order valence-corrected chi connectivity index (χ1v) is 8.23. The van der Waals surface area contributed by atoms with Gasteiger partial charge in [0.1, 0.15) is 5.82 Å². The minimum atomic E-state index is -0.216. The SMILES string of the molecule is Fc1ccc(C2CCNCC2c2cccc(Cl)c2)cc1Br. The number of benzene rings is 2. The fourth-order valence-electron chi connectivity index (χ4n) is 3.09. The van der Waals surface area contributed by atoms with E-state index in [-0.39, 0.29) is 5.82 Å². The van der Waals surface area contributed by atoms with Crippen LogP contribution >= 0.6 is 27.5 Å². The van der Waals surface area contributed by atoms with Gasteiger partial charge >= 0.3 is 0 Å². The summed E-state index contributed by atoms with van der Waals surface area (Å²) < 4.78 is 14.0. The lowest BCUT2D eigenvalue weighted by Gasteiger charge is -2.33. The molecule has 0 aromatic heterocycles. The molecule has 2 aromatic rings. The van der Waals surface area contributed by atoms with Crippen LogP contribution in [0.4, 0.5) is 4.39 Å². The fourth-order valence-corrected chi connectivity index (χ4v) is 3.68. The zero-order valence-corrected chi connectivity index (χ0v) is 13.8. The highest BCUT2D eigenvalue weighted by Crippen LogP contribution is 2.39. The molecule has 1 nitrogen and oxygen atoms in total. The van der Waals surface area contributed by atoms with Crippen LogP contribution in [0.5, 0.6) is 0 Å². The standard InChI is InChI=1S/C17H16BrClFN/c18-16-9-12(4-5-17(16)20)14-6-7-21-10-15(14)11-2-1-3-13(19)8-11/h1-5,8-9,14-15,21H,6-7,10H2. The van der Waals surface area contributed by atoms with Crippen molar-refractivity contribution in [1.29, 1.82) is 0 Å². The van der Waals surface area contributed by atoms with Crippen molar-refractivity contribution in [2.24, 2.45) is 0 Å². The number of rotatable bonds is 2. The summed E-state index contributed by atoms with van der Waals surface area (Å²) >= 11 is 9.42. The van der Waals surface area contributed by atoms with E-state index in [9.17, 15) is 4.39 Å². The highest BCUT2D eigenvalue weighted by molar-refractivity contribution is 9.10. The first-order chi connectivity index (χ1) is 10.1. The number of hydrogen-bond acceptors (Lipinski definition) is 1. The number of piperidine rings is 1. The molecular formula is C17H16BrClFN. The van der Waals surface area contributed by atoms with E-state index in [1.54, 1.807) is 0 Å². The van der Waals surface area contributed by atoms with Gasteiger partial charge in [0.25, 0.3) is 0 Å². The topological polar surface area (TPSA) is 12.0 Å². The molecular weight excluding hydrogens is 353 g/mol. The second-order valence-electron chi connectivity index (χ2n) is 5.43. The van der Waals surface area contributed by atoms with Crippen molar-refractivity contribution in [1.82, 2.24) is 5.32 Å². The highest BCUT2D eigenvalue weighted by Gasteiger charge is 2.28. The van der Waals surface area contributed by atoms with Crippen LogP contribution in [0.3, 0.4) is 0 Å². The van der Waals surface area contributed by atoms with Gasteiger partial charge in [-0.2, -0.15) is 0 Å². The Morgan fingerprint density at radius 3 is 2.67 bits per heavy atom. The van der Waals surface area contributed by atoms with Crippen LogP contribution in [-0.4, -0.2) is 13.1 Å². The summed E-state index contributed by atoms with van der Waals surface area (Å²) in [5, 5.41) is 4.21. The quantitative estimate of drug-likeness (QED) is 0.777. The van der Waals surface area contributed by atoms with E-state index in [2.05, 4.69) is 27.3 Å². The molecule has 1 N–H and O–H groups in total. The molecule has 1 saturated heterocycles. The summed E-state index contributed by atoms with van der Waals surface area (Å²) in [6.07, 6.45) is 1.04. The van der Waals surface area contributed by atoms with Crippen molar-refractivity contribution in [3.8, 4) is 0 Å². The third-order valence-corrected chi connectivity index (χ3v) is 4.97. The average Bonchev–Trinajstić information content (AvgIpc) is 2.50. The van der Waals surface area contributed by atoms with Crippen molar-refractivity contribution in [3.63, 3.8) is 0 Å². The zero-order valence-electron chi connectivity index (χ0n) is 11.5. The van der Waals surface area contributed by atoms with E-state index in [1.807, 2.05) is 30.3 Å². The number of nitrogens with one attached hydrogen (secondary N) is 1. The fraction of sp³-hybridized carbons (Fsp3) is 0.294. The van der Waals surface area contributed by atoms with Crippen LogP contribution < -0.4 is 5.32 Å². The molecule has 0 spiro atoms. The van der Waals surface area contributed by atoms with Crippen molar-refractivity contribution in [3.05, 3.63) is 68.9 Å². The van der Waals surface area contributed by atoms with Gasteiger partial charge in [-0.1, -0.05) is 29.8 Å². The summed E-state index contributed by atoms with van der Waals surface area (Å²) in [6, 6.07) is 13.4. The van der Waals surface area contributed by atoms with Crippen molar-refractivity contribution < 1.29 is 4.39 Å². The number of halogens is 3. The van der Waals surface area contributed by atoms with E-state index < -0.39 is 0 Å². The van der Waals surface area contributed by atoms with Crippen molar-refractivity contribution in [2.45, 2.75) is 18.3 Å². The van der Waals surface area contributed by atoms with Crippen LogP contribution in [0.25, 0.3) is 0 Å². The Balaban J connectivity index is 1.96. The maximum Gasteiger partial charge on any atom is 0.137 e. The molecule has 4 heteroatoms. The van der Waals surface area contributed by atoms with Gasteiger partial charge in [-0.3, -0.25) is 0 Å². The van der Waals surface area contributed by atoms with Crippen LogP contribution in [0, 0.1) is 5.82 Å². The molecule has 0 saturated carbocycles. The first kappa shape index (κ1) is 15.0. The maximum atomic E-state index is 13.5. The molecule has 1 aliphatic heterocycles. The smallest absolute Gasteiger partial charge is 0.137 e. The van der Waals surface area contributed by atoms with Gasteiger partial charge in [-0.25, -0.2) is 4.39 Å². The lowest BCUT2D eigenvalue weighted by atomic mass is 9.77. The minimum absolute atomic E-state index is 0.216. The Bertz CT molecular complexity index is 646. The summed E-state index contributed by atoms with van der Waals surface area (Å²) in [4.78, 5) is 0. The third-order valence-electron chi connectivity index (χ3n) is 4.13. The van der Waals surface area contributed by atoms with Crippen LogP contribution in [-0.2, 0) is 0 Å². The van der Waals surface area contributed by atoms with Crippen molar-refractivity contribution >= 4 is 27.5 Å². The Kier molecular flexibility index (Phi) is 4.63. The highest BCUT2D eigenvalue weighted by atomic mass is 79.9. The molecule has 0 amide bonds. The van der Waals surface area contributed by atoms with Gasteiger partial charge in [0.15, 0.2) is 0 Å². The summed E-state index contributed by atoms with van der Waals surface area (Å²) in [5.41, 5.74) is 2.41. The summed E-state index contributed by atoms with van der Waals surface area (Å²) in [5.74, 6) is 0.517. The Labute approximate surface area is 137 Å². The van der Waals surface area contributed by atoms with Gasteiger partial charge in [-0.05, 0) is 70.2 Å². The molecule has 1 aliphatic rings. The second-order valence-corrected chi connectivity index (χ2v) is 6.73. The van der Waals surface area contributed by atoms with Crippen LogP contribution in [0.1, 0.15) is 29.4 Å². The van der Waals surface area contributed by atoms with Crippen LogP contribution in [0.2, 0.25) is 5.02 Å². The van der Waals surface area contributed by atoms with E-state index >= 15 is 0 Å². The van der Waals surface area contributed by atoms with Gasteiger partial charge in [0.2, 0.25) is 0 Å². The second kappa shape index (κ2) is 6.47. The van der Waals surface area contributed by atoms with Gasteiger partial charge in [0, 0.05) is 17.5 Å². The molecule has 21 heavy (non-hydrogen) atoms. The monoisotopic (exact) mass is 367 g/mol. The van der Waals surface area contributed by atoms with E-state index in [4.69, 9.17) is 11.6 Å². The molecule has 3 rings (SSSR count). The molecule has 0 bridgehead atoms. The summed E-state index contributed by atoms with van der Waals surface area (Å²) in [7, 11) is 0. The Morgan fingerprint density at radius 1 is 1.10 bits per heavy atom. The lowest BCUT2D eigenvalue weighted by Crippen LogP contribution is -2.34. The molecule has 0 aliphatic carbocycles. The predicted octanol–water partition coefficient (Wildman–Crippen LogP) is 5.10. The molecule has 2 unspecified atom stereocenters. The normalized spacial score (nSPS) is 22.2. The van der Waals surface area contributed by atoms with E-state index in [0.29, 0.717) is 16.3 Å². The Morgan fingerprint density at radius 2 is 1.90 bits per heavy atom. The zero-order chi connectivity index (χ0) is 14.8. The number of hydrogen-bond donors (Lipinski definition) is 1. The average molecular weight is 369 g/mol. The first-order valence-electron chi connectivity index (χ1n) is 7.06. The van der Waals surface area contributed by atoms with Crippen LogP contribution in [0.15, 0.2) is 46.9 Å². The molecule has 2 atom stereocenters. The van der Waals surface area contributed by atoms with E-state index in [1.165, 1.54) is 17.2 Å². The third kappa shape index (κ3) is 3.31. The molecule has 2 aromatic carbocycles. The molecule has 1 fully saturated rings. The molecule has 1 heterocycles. The van der Waals surface area contributed by atoms with E-state index in [0.717, 1.165) is 24.5 Å². The maximum absolute atomic E-state index is 13.5. The molecule has 0 radical (unpaired) electrons. The molecule has 110 valence electrons. The summed E-state index contributed by atoms with van der Waals surface area (Å²) in [6.45, 7) is 1.90. The van der Waals surface area contributed by atoms with Gasteiger partial charge in [0.05, 0.1) is 4.47 Å². The van der Waals surface area contributed by atoms with Gasteiger partial charge < -0.3 is 5.32 Å². The minimum Gasteiger partial charge on any atom is -0.316 e. The van der Waals surface area contributed by atoms with Crippen molar-refractivity contribution in [2.75, 3.05) is 13.1 Å². The largest absolute Gasteiger partial charge is 0.316 e. The predicted molar refractivity (Wildman–Crippen MR) is 88.5 cm³/mol. The lowest BCUT2D eigenvalue weighted by molar-refractivity contribution is 0.403. The Hall–Kier alpha value is -0.900. The van der Waals surface area contributed by atoms with Gasteiger partial charge in [-0.15, -0.1) is 0 Å².